The number of hydrogen-bond acceptors (Lipinski definition) is 6. The third kappa shape index (κ3) is 4.88. The number of benzene rings is 1. The highest BCUT2D eigenvalue weighted by atomic mass is 16.2. The number of aromatic nitrogens is 5. The van der Waals surface area contributed by atoms with Gasteiger partial charge in [0, 0.05) is 24.4 Å². The average Bonchev–Trinajstić information content (AvgIpc) is 3.45. The van der Waals surface area contributed by atoms with E-state index in [2.05, 4.69) is 34.5 Å². The lowest BCUT2D eigenvalue weighted by atomic mass is 9.87. The van der Waals surface area contributed by atoms with Crippen LogP contribution < -0.4 is 5.32 Å². The number of amides is 1. The first-order valence-electron chi connectivity index (χ1n) is 10.9. The van der Waals surface area contributed by atoms with Crippen molar-refractivity contribution < 1.29 is 14.4 Å². The molecule has 1 N–H and O–H groups in total. The third-order valence-electron chi connectivity index (χ3n) is 5.80. The molecule has 1 fully saturated rings. The first-order valence-corrected chi connectivity index (χ1v) is 10.9. The van der Waals surface area contributed by atoms with Crippen molar-refractivity contribution in [3.05, 3.63) is 71.8 Å². The first kappa shape index (κ1) is 22.1. The van der Waals surface area contributed by atoms with E-state index in [1.807, 2.05) is 22.9 Å². The van der Waals surface area contributed by atoms with Gasteiger partial charge in [-0.25, -0.2) is 14.2 Å². The molecule has 5 rings (SSSR count). The number of hydrogen-bond donors (Lipinski definition) is 1. The zero-order valence-corrected chi connectivity index (χ0v) is 18.3. The predicted octanol–water partition coefficient (Wildman–Crippen LogP) is 3.94. The summed E-state index contributed by atoms with van der Waals surface area (Å²) in [7, 11) is 0. The molecule has 0 bridgehead atoms. The van der Waals surface area contributed by atoms with Gasteiger partial charge < -0.3 is 5.32 Å². The van der Waals surface area contributed by atoms with Crippen LogP contribution >= 0.6 is 0 Å². The van der Waals surface area contributed by atoms with E-state index in [4.69, 9.17) is 14.7 Å². The van der Waals surface area contributed by atoms with Crippen LogP contribution in [0.25, 0.3) is 11.3 Å². The number of fused-ring (bicyclic) bond motifs is 1. The monoisotopic (exact) mass is 444 g/mol. The molecule has 33 heavy (non-hydrogen) atoms. The second-order valence-corrected chi connectivity index (χ2v) is 8.02. The van der Waals surface area contributed by atoms with Crippen LogP contribution in [0.15, 0.2) is 55.0 Å². The molecule has 0 radical (unpaired) electrons. The van der Waals surface area contributed by atoms with E-state index in [1.54, 1.807) is 29.2 Å². The second kappa shape index (κ2) is 10.0. The van der Waals surface area contributed by atoms with E-state index in [9.17, 15) is 4.79 Å². The SMILES string of the molecule is Cc1ccc(-n2nc(C3CCCCC3)cc2NC(=O)c2cnn3cccnc23)cc1.O=C=O. The Morgan fingerprint density at radius 3 is 2.58 bits per heavy atom. The van der Waals surface area contributed by atoms with E-state index in [-0.39, 0.29) is 12.1 Å². The molecule has 0 saturated heterocycles. The Morgan fingerprint density at radius 2 is 1.85 bits per heavy atom. The van der Waals surface area contributed by atoms with Crippen LogP contribution in [0, 0.1) is 6.92 Å². The Morgan fingerprint density at radius 1 is 1.12 bits per heavy atom. The minimum Gasteiger partial charge on any atom is -0.306 e. The summed E-state index contributed by atoms with van der Waals surface area (Å²) in [6, 6.07) is 12.0. The van der Waals surface area contributed by atoms with Crippen LogP contribution in [-0.2, 0) is 9.59 Å². The van der Waals surface area contributed by atoms with Crippen molar-refractivity contribution in [2.75, 3.05) is 5.32 Å². The molecular weight excluding hydrogens is 420 g/mol. The van der Waals surface area contributed by atoms with E-state index < -0.39 is 0 Å². The van der Waals surface area contributed by atoms with Gasteiger partial charge in [0.1, 0.15) is 11.4 Å². The van der Waals surface area contributed by atoms with Crippen molar-refractivity contribution >= 4 is 23.5 Å². The van der Waals surface area contributed by atoms with Gasteiger partial charge in [-0.2, -0.15) is 19.8 Å². The number of nitrogens with one attached hydrogen (secondary N) is 1. The summed E-state index contributed by atoms with van der Waals surface area (Å²) in [5.41, 5.74) is 4.12. The van der Waals surface area contributed by atoms with Gasteiger partial charge >= 0.3 is 6.15 Å². The molecule has 168 valence electrons. The molecule has 9 heteroatoms. The van der Waals surface area contributed by atoms with Crippen LogP contribution in [0.4, 0.5) is 5.82 Å². The molecule has 1 aliphatic carbocycles. The van der Waals surface area contributed by atoms with Gasteiger partial charge in [-0.15, -0.1) is 0 Å². The first-order chi connectivity index (χ1) is 16.1. The molecule has 0 unspecified atom stereocenters. The highest BCUT2D eigenvalue weighted by Crippen LogP contribution is 2.34. The Hall–Kier alpha value is -4.10. The predicted molar refractivity (Wildman–Crippen MR) is 120 cm³/mol. The van der Waals surface area contributed by atoms with E-state index in [0.717, 1.165) is 24.2 Å². The fourth-order valence-electron chi connectivity index (χ4n) is 4.14. The number of nitrogens with zero attached hydrogens (tertiary/aromatic N) is 5. The van der Waals surface area contributed by atoms with Crippen LogP contribution in [0.5, 0.6) is 0 Å². The Labute approximate surface area is 190 Å². The Bertz CT molecular complexity index is 1280. The number of carbonyl (C=O) groups excluding carboxylic acids is 3. The summed E-state index contributed by atoms with van der Waals surface area (Å²) in [4.78, 5) is 33.6. The summed E-state index contributed by atoms with van der Waals surface area (Å²) in [5, 5.41) is 12.2. The fraction of sp³-hybridized carbons (Fsp3) is 0.292. The maximum Gasteiger partial charge on any atom is 0.373 e. The van der Waals surface area contributed by atoms with Crippen molar-refractivity contribution in [3.8, 4) is 5.69 Å². The summed E-state index contributed by atoms with van der Waals surface area (Å²) in [6.07, 6.45) is 11.3. The number of aryl methyl sites for hydroxylation is 1. The highest BCUT2D eigenvalue weighted by molar-refractivity contribution is 6.07. The lowest BCUT2D eigenvalue weighted by molar-refractivity contribution is -0.191. The third-order valence-corrected chi connectivity index (χ3v) is 5.80. The van der Waals surface area contributed by atoms with Gasteiger partial charge in [-0.05, 0) is 38.0 Å². The molecule has 3 aromatic heterocycles. The highest BCUT2D eigenvalue weighted by Gasteiger charge is 2.22. The minimum absolute atomic E-state index is 0.243. The molecule has 0 spiro atoms. The summed E-state index contributed by atoms with van der Waals surface area (Å²) in [6.45, 7) is 2.06. The summed E-state index contributed by atoms with van der Waals surface area (Å²) >= 11 is 0. The summed E-state index contributed by atoms with van der Waals surface area (Å²) in [5.74, 6) is 0.867. The van der Waals surface area contributed by atoms with Gasteiger partial charge in [0.05, 0.1) is 17.6 Å². The van der Waals surface area contributed by atoms with Crippen LogP contribution in [0.1, 0.15) is 59.6 Å². The Kier molecular flexibility index (Phi) is 6.71. The topological polar surface area (TPSA) is 111 Å². The second-order valence-electron chi connectivity index (χ2n) is 8.02. The van der Waals surface area contributed by atoms with Crippen molar-refractivity contribution in [2.24, 2.45) is 0 Å². The smallest absolute Gasteiger partial charge is 0.306 e. The van der Waals surface area contributed by atoms with E-state index >= 15 is 0 Å². The molecule has 4 aromatic rings. The number of rotatable bonds is 4. The largest absolute Gasteiger partial charge is 0.373 e. The van der Waals surface area contributed by atoms with Crippen molar-refractivity contribution in [1.29, 1.82) is 0 Å². The molecule has 0 atom stereocenters. The van der Waals surface area contributed by atoms with Crippen LogP contribution in [0.2, 0.25) is 0 Å². The molecular formula is C24H24N6O3. The molecule has 1 aliphatic rings. The molecule has 1 aromatic carbocycles. The van der Waals surface area contributed by atoms with Crippen molar-refractivity contribution in [2.45, 2.75) is 44.9 Å². The standard InChI is InChI=1S/C23H24N6O.CO2/c1-16-8-10-18(11-9-16)29-21(14-20(27-29)17-6-3-2-4-7-17)26-23(30)19-15-25-28-13-5-12-24-22(19)28;2-1-3/h5,8-15,17H,2-4,6-7H2,1H3,(H,26,30);. The zero-order valence-electron chi connectivity index (χ0n) is 18.3. The zero-order chi connectivity index (χ0) is 23.2. The molecule has 0 aliphatic heterocycles. The lowest BCUT2D eigenvalue weighted by Crippen LogP contribution is -2.15. The van der Waals surface area contributed by atoms with E-state index in [0.29, 0.717) is 22.9 Å². The minimum atomic E-state index is -0.243. The van der Waals surface area contributed by atoms with Gasteiger partial charge in [-0.3, -0.25) is 4.79 Å². The Balaban J connectivity index is 0.000000821. The quantitative estimate of drug-likeness (QED) is 0.510. The normalized spacial score (nSPS) is 13.7. The van der Waals surface area contributed by atoms with Crippen LogP contribution in [0.3, 0.4) is 0 Å². The summed E-state index contributed by atoms with van der Waals surface area (Å²) < 4.78 is 3.43. The maximum absolute atomic E-state index is 13.1. The fourth-order valence-corrected chi connectivity index (χ4v) is 4.14. The van der Waals surface area contributed by atoms with Crippen molar-refractivity contribution in [3.63, 3.8) is 0 Å². The van der Waals surface area contributed by atoms with Crippen molar-refractivity contribution in [1.82, 2.24) is 24.4 Å². The molecule has 9 nitrogen and oxygen atoms in total. The average molecular weight is 444 g/mol. The lowest BCUT2D eigenvalue weighted by Gasteiger charge is -2.19. The number of carbonyl (C=O) groups is 1. The van der Waals surface area contributed by atoms with E-state index in [1.165, 1.54) is 24.8 Å². The molecule has 3 heterocycles. The molecule has 1 amide bonds. The van der Waals surface area contributed by atoms with Gasteiger partial charge in [0.25, 0.3) is 5.91 Å². The van der Waals surface area contributed by atoms with Gasteiger partial charge in [-0.1, -0.05) is 37.0 Å². The number of anilines is 1. The molecule has 1 saturated carbocycles. The van der Waals surface area contributed by atoms with Crippen LogP contribution in [-0.4, -0.2) is 36.4 Å². The van der Waals surface area contributed by atoms with Gasteiger partial charge in [0.2, 0.25) is 0 Å². The maximum atomic E-state index is 13.1. The van der Waals surface area contributed by atoms with Gasteiger partial charge in [0.15, 0.2) is 5.65 Å².